The van der Waals surface area contributed by atoms with Gasteiger partial charge in [0.2, 0.25) is 0 Å². The molecular formula is C19H33N3O. The first-order valence-electron chi connectivity index (χ1n) is 8.66. The standard InChI is InChI=1S/C19H33N3O/c1-15(20-13-17-14-21(5)11-12-22(17)6)16-7-9-18(10-8-16)23-19(2,3)4/h7-10,15,17,20H,11-14H2,1-6H3. The summed E-state index contributed by atoms with van der Waals surface area (Å²) in [7, 11) is 4.43. The molecule has 1 N–H and O–H groups in total. The summed E-state index contributed by atoms with van der Waals surface area (Å²) >= 11 is 0. The van der Waals surface area contributed by atoms with Crippen molar-refractivity contribution in [2.24, 2.45) is 0 Å². The molecule has 0 aliphatic carbocycles. The molecule has 1 heterocycles. The van der Waals surface area contributed by atoms with Crippen LogP contribution in [0.3, 0.4) is 0 Å². The van der Waals surface area contributed by atoms with Gasteiger partial charge >= 0.3 is 0 Å². The third-order valence-corrected chi connectivity index (χ3v) is 4.44. The van der Waals surface area contributed by atoms with E-state index in [0.29, 0.717) is 12.1 Å². The molecule has 1 fully saturated rings. The third-order valence-electron chi connectivity index (χ3n) is 4.44. The topological polar surface area (TPSA) is 27.7 Å². The van der Waals surface area contributed by atoms with Crippen LogP contribution in [0.15, 0.2) is 24.3 Å². The number of hydrogen-bond donors (Lipinski definition) is 1. The fourth-order valence-electron chi connectivity index (χ4n) is 2.93. The van der Waals surface area contributed by atoms with Gasteiger partial charge in [0.15, 0.2) is 0 Å². The molecule has 4 heteroatoms. The number of nitrogens with one attached hydrogen (secondary N) is 1. The molecule has 1 aliphatic heterocycles. The van der Waals surface area contributed by atoms with E-state index < -0.39 is 0 Å². The molecule has 0 saturated carbocycles. The molecule has 0 radical (unpaired) electrons. The quantitative estimate of drug-likeness (QED) is 0.903. The molecule has 1 aromatic carbocycles. The molecule has 1 aromatic rings. The molecule has 2 atom stereocenters. The maximum atomic E-state index is 5.88. The average Bonchev–Trinajstić information content (AvgIpc) is 2.47. The van der Waals surface area contributed by atoms with Gasteiger partial charge in [-0.15, -0.1) is 0 Å². The third kappa shape index (κ3) is 5.79. The molecule has 130 valence electrons. The van der Waals surface area contributed by atoms with Crippen LogP contribution in [0, 0.1) is 0 Å². The van der Waals surface area contributed by atoms with E-state index in [1.807, 2.05) is 0 Å². The first-order chi connectivity index (χ1) is 10.7. The summed E-state index contributed by atoms with van der Waals surface area (Å²) in [5, 5.41) is 3.68. The van der Waals surface area contributed by atoms with Crippen LogP contribution >= 0.6 is 0 Å². The zero-order chi connectivity index (χ0) is 17.0. The summed E-state index contributed by atoms with van der Waals surface area (Å²) in [5.41, 5.74) is 1.15. The van der Waals surface area contributed by atoms with Gasteiger partial charge in [-0.1, -0.05) is 12.1 Å². The highest BCUT2D eigenvalue weighted by atomic mass is 16.5. The van der Waals surface area contributed by atoms with Crippen molar-refractivity contribution in [1.29, 1.82) is 0 Å². The summed E-state index contributed by atoms with van der Waals surface area (Å²) < 4.78 is 5.88. The predicted octanol–water partition coefficient (Wildman–Crippen LogP) is 2.76. The first-order valence-corrected chi connectivity index (χ1v) is 8.66. The number of nitrogens with zero attached hydrogens (tertiary/aromatic N) is 2. The van der Waals surface area contributed by atoms with Crippen LogP contribution in [-0.4, -0.2) is 61.7 Å². The molecular weight excluding hydrogens is 286 g/mol. The predicted molar refractivity (Wildman–Crippen MR) is 97.2 cm³/mol. The minimum atomic E-state index is -0.150. The van der Waals surface area contributed by atoms with Crippen molar-refractivity contribution in [2.45, 2.75) is 45.4 Å². The summed E-state index contributed by atoms with van der Waals surface area (Å²) in [4.78, 5) is 4.87. The molecule has 0 aromatic heterocycles. The van der Waals surface area contributed by atoms with Gasteiger partial charge in [0.1, 0.15) is 11.4 Å². The van der Waals surface area contributed by atoms with E-state index in [9.17, 15) is 0 Å². The summed E-state index contributed by atoms with van der Waals surface area (Å²) in [6.07, 6.45) is 0. The minimum Gasteiger partial charge on any atom is -0.488 e. The Labute approximate surface area is 141 Å². The van der Waals surface area contributed by atoms with E-state index in [0.717, 1.165) is 31.9 Å². The maximum Gasteiger partial charge on any atom is 0.120 e. The second-order valence-electron chi connectivity index (χ2n) is 7.81. The lowest BCUT2D eigenvalue weighted by Crippen LogP contribution is -2.53. The van der Waals surface area contributed by atoms with Crippen molar-refractivity contribution in [1.82, 2.24) is 15.1 Å². The SMILES string of the molecule is CC(NCC1CN(C)CCN1C)c1ccc(OC(C)(C)C)cc1. The van der Waals surface area contributed by atoms with E-state index in [2.05, 4.69) is 81.2 Å². The average molecular weight is 319 g/mol. The monoisotopic (exact) mass is 319 g/mol. The smallest absolute Gasteiger partial charge is 0.120 e. The number of likely N-dealkylation sites (N-methyl/N-ethyl adjacent to an activating group) is 2. The summed E-state index contributed by atoms with van der Waals surface area (Å²) in [6.45, 7) is 12.9. The van der Waals surface area contributed by atoms with Gasteiger partial charge in [0.05, 0.1) is 0 Å². The minimum absolute atomic E-state index is 0.150. The lowest BCUT2D eigenvalue weighted by Gasteiger charge is -2.38. The Kier molecular flexibility index (Phi) is 6.06. The lowest BCUT2D eigenvalue weighted by atomic mass is 10.1. The van der Waals surface area contributed by atoms with Gasteiger partial charge in [-0.2, -0.15) is 0 Å². The van der Waals surface area contributed by atoms with Crippen LogP contribution in [0.1, 0.15) is 39.3 Å². The molecule has 23 heavy (non-hydrogen) atoms. The number of benzene rings is 1. The highest BCUT2D eigenvalue weighted by Gasteiger charge is 2.22. The Morgan fingerprint density at radius 2 is 1.83 bits per heavy atom. The molecule has 2 unspecified atom stereocenters. The van der Waals surface area contributed by atoms with Crippen LogP contribution in [0.25, 0.3) is 0 Å². The van der Waals surface area contributed by atoms with Crippen molar-refractivity contribution < 1.29 is 4.74 Å². The van der Waals surface area contributed by atoms with Crippen molar-refractivity contribution in [3.05, 3.63) is 29.8 Å². The molecule has 0 bridgehead atoms. The summed E-state index contributed by atoms with van der Waals surface area (Å²) in [6, 6.07) is 9.39. The van der Waals surface area contributed by atoms with Gasteiger partial charge in [-0.3, -0.25) is 4.90 Å². The Morgan fingerprint density at radius 1 is 1.17 bits per heavy atom. The zero-order valence-electron chi connectivity index (χ0n) is 15.6. The fourth-order valence-corrected chi connectivity index (χ4v) is 2.93. The number of piperazine rings is 1. The highest BCUT2D eigenvalue weighted by molar-refractivity contribution is 5.29. The first kappa shape index (κ1) is 18.2. The maximum absolute atomic E-state index is 5.88. The normalized spacial score (nSPS) is 22.1. The van der Waals surface area contributed by atoms with E-state index >= 15 is 0 Å². The van der Waals surface area contributed by atoms with Crippen LogP contribution < -0.4 is 10.1 Å². The highest BCUT2D eigenvalue weighted by Crippen LogP contribution is 2.21. The van der Waals surface area contributed by atoms with E-state index in [1.165, 1.54) is 5.56 Å². The van der Waals surface area contributed by atoms with Crippen LogP contribution in [0.5, 0.6) is 5.75 Å². The van der Waals surface area contributed by atoms with Crippen LogP contribution in [-0.2, 0) is 0 Å². The molecule has 1 saturated heterocycles. The van der Waals surface area contributed by atoms with Crippen molar-refractivity contribution in [2.75, 3.05) is 40.3 Å². The van der Waals surface area contributed by atoms with E-state index in [1.54, 1.807) is 0 Å². The number of ether oxygens (including phenoxy) is 1. The second kappa shape index (κ2) is 7.65. The van der Waals surface area contributed by atoms with Crippen molar-refractivity contribution in [3.8, 4) is 5.75 Å². The van der Waals surface area contributed by atoms with Crippen LogP contribution in [0.2, 0.25) is 0 Å². The van der Waals surface area contributed by atoms with Crippen molar-refractivity contribution >= 4 is 0 Å². The molecule has 0 amide bonds. The number of hydrogen-bond acceptors (Lipinski definition) is 4. The summed E-state index contributed by atoms with van der Waals surface area (Å²) in [5.74, 6) is 0.932. The Hall–Kier alpha value is -1.10. The van der Waals surface area contributed by atoms with E-state index in [4.69, 9.17) is 4.74 Å². The van der Waals surface area contributed by atoms with Crippen LogP contribution in [0.4, 0.5) is 0 Å². The largest absolute Gasteiger partial charge is 0.488 e. The number of rotatable bonds is 5. The second-order valence-corrected chi connectivity index (χ2v) is 7.81. The molecule has 0 spiro atoms. The molecule has 4 nitrogen and oxygen atoms in total. The van der Waals surface area contributed by atoms with Gasteiger partial charge in [0.25, 0.3) is 0 Å². The molecule has 2 rings (SSSR count). The van der Waals surface area contributed by atoms with Gasteiger partial charge in [-0.25, -0.2) is 0 Å². The zero-order valence-corrected chi connectivity index (χ0v) is 15.6. The Morgan fingerprint density at radius 3 is 2.43 bits per heavy atom. The van der Waals surface area contributed by atoms with Crippen molar-refractivity contribution in [3.63, 3.8) is 0 Å². The van der Waals surface area contributed by atoms with Gasteiger partial charge < -0.3 is 15.0 Å². The van der Waals surface area contributed by atoms with Gasteiger partial charge in [-0.05, 0) is 59.5 Å². The Balaban J connectivity index is 1.86. The van der Waals surface area contributed by atoms with Gasteiger partial charge in [0, 0.05) is 38.3 Å². The Bertz CT molecular complexity index is 480. The lowest BCUT2D eigenvalue weighted by molar-refractivity contribution is 0.112. The fraction of sp³-hybridized carbons (Fsp3) is 0.684. The molecule has 1 aliphatic rings. The van der Waals surface area contributed by atoms with E-state index in [-0.39, 0.29) is 5.60 Å².